The molecule has 0 bridgehead atoms. The number of carbonyl (C=O) groups is 2. The second-order valence-corrected chi connectivity index (χ2v) is 8.45. The molecule has 0 fully saturated rings. The molecule has 0 spiro atoms. The number of oxazole rings is 1. The number of hydrogen-bond donors (Lipinski definition) is 0. The number of nitrogens with zero attached hydrogens (tertiary/aromatic N) is 1. The summed E-state index contributed by atoms with van der Waals surface area (Å²) in [5, 5.41) is 12.5. The van der Waals surface area contributed by atoms with E-state index >= 15 is 0 Å². The summed E-state index contributed by atoms with van der Waals surface area (Å²) < 4.78 is 7.69. The highest BCUT2D eigenvalue weighted by atomic mass is 16.3. The van der Waals surface area contributed by atoms with Crippen LogP contribution in [0.3, 0.4) is 0 Å². The maximum atomic E-state index is 12.5. The molecule has 5 aromatic rings. The Hall–Kier alpha value is -5.03. The lowest BCUT2D eigenvalue weighted by Gasteiger charge is -2.12. The third-order valence-electron chi connectivity index (χ3n) is 6.28. The van der Waals surface area contributed by atoms with Crippen LogP contribution in [0.25, 0.3) is 28.4 Å². The van der Waals surface area contributed by atoms with E-state index in [1.54, 1.807) is 48.5 Å². The summed E-state index contributed by atoms with van der Waals surface area (Å²) in [5.74, 6) is 0.129. The van der Waals surface area contributed by atoms with Crippen LogP contribution in [0.5, 0.6) is 0 Å². The number of hydrogen-bond acceptors (Lipinski definition) is 4. The zero-order valence-electron chi connectivity index (χ0n) is 19.0. The van der Waals surface area contributed by atoms with Gasteiger partial charge in [0.2, 0.25) is 12.0 Å². The first-order valence-corrected chi connectivity index (χ1v) is 11.5. The van der Waals surface area contributed by atoms with E-state index in [9.17, 15) is 14.7 Å². The Kier molecular flexibility index (Phi) is 5.16. The van der Waals surface area contributed by atoms with Crippen molar-refractivity contribution in [1.82, 2.24) is 0 Å². The highest BCUT2D eigenvalue weighted by Crippen LogP contribution is 2.40. The number of rotatable bonds is 2. The van der Waals surface area contributed by atoms with Crippen LogP contribution in [0.1, 0.15) is 31.8 Å². The van der Waals surface area contributed by atoms with Gasteiger partial charge >= 0.3 is 5.71 Å². The van der Waals surface area contributed by atoms with Gasteiger partial charge in [-0.3, -0.25) is 9.59 Å². The van der Waals surface area contributed by atoms with E-state index in [1.807, 2.05) is 65.3 Å². The minimum absolute atomic E-state index is 0.106. The molecule has 172 valence electrons. The van der Waals surface area contributed by atoms with Gasteiger partial charge in [-0.1, -0.05) is 84.6 Å². The molecule has 0 radical (unpaired) electrons. The fourth-order valence-electron chi connectivity index (χ4n) is 4.56. The monoisotopic (exact) mass is 469 g/mol. The third-order valence-corrected chi connectivity index (χ3v) is 6.28. The van der Waals surface area contributed by atoms with Gasteiger partial charge in [0.25, 0.3) is 0 Å². The summed E-state index contributed by atoms with van der Waals surface area (Å²) in [6.07, 6.45) is 5.36. The summed E-state index contributed by atoms with van der Waals surface area (Å²) >= 11 is 0. The Morgan fingerprint density at radius 3 is 2.03 bits per heavy atom. The molecule has 5 heteroatoms. The van der Waals surface area contributed by atoms with Crippen LogP contribution in [0.4, 0.5) is 0 Å². The molecule has 0 saturated heterocycles. The molecule has 0 atom stereocenters. The Labute approximate surface area is 206 Å². The number of pyridine rings is 1. The first-order valence-electron chi connectivity index (χ1n) is 11.5. The number of aromatic nitrogens is 1. The molecule has 0 saturated carbocycles. The largest absolute Gasteiger partial charge is 0.872 e. The van der Waals surface area contributed by atoms with E-state index in [2.05, 4.69) is 0 Å². The average molecular weight is 469 g/mol. The first kappa shape index (κ1) is 21.5. The van der Waals surface area contributed by atoms with Crippen molar-refractivity contribution in [2.24, 2.45) is 0 Å². The second kappa shape index (κ2) is 8.64. The number of fused-ring (bicyclic) bond motifs is 3. The summed E-state index contributed by atoms with van der Waals surface area (Å²) in [5.41, 5.74) is 4.53. The molecule has 2 aromatic heterocycles. The Balaban J connectivity index is 0.000000141. The van der Waals surface area contributed by atoms with Gasteiger partial charge in [-0.15, -0.1) is 4.40 Å². The molecule has 0 amide bonds. The fraction of sp³-hybridized carbons (Fsp3) is 0. The minimum atomic E-state index is -0.300. The zero-order valence-corrected chi connectivity index (χ0v) is 19.0. The summed E-state index contributed by atoms with van der Waals surface area (Å²) in [6, 6.07) is 29.8. The quantitative estimate of drug-likeness (QED) is 0.344. The van der Waals surface area contributed by atoms with Gasteiger partial charge in [0.1, 0.15) is 0 Å². The third kappa shape index (κ3) is 3.54. The number of carbonyl (C=O) groups excluding carboxylic acids is 2. The Morgan fingerprint density at radius 2 is 1.31 bits per heavy atom. The predicted molar refractivity (Wildman–Crippen MR) is 134 cm³/mol. The van der Waals surface area contributed by atoms with Crippen LogP contribution in [-0.4, -0.2) is 11.6 Å². The molecule has 36 heavy (non-hydrogen) atoms. The van der Waals surface area contributed by atoms with Gasteiger partial charge in [-0.25, -0.2) is 0 Å². The highest BCUT2D eigenvalue weighted by Gasteiger charge is 2.31. The molecule has 2 aliphatic carbocycles. The fourth-order valence-corrected chi connectivity index (χ4v) is 4.56. The Morgan fingerprint density at radius 1 is 0.667 bits per heavy atom. The number of ketones is 2. The molecule has 0 N–H and O–H groups in total. The van der Waals surface area contributed by atoms with Crippen LogP contribution in [0.15, 0.2) is 126 Å². The van der Waals surface area contributed by atoms with Crippen LogP contribution in [-0.2, 0) is 0 Å². The van der Waals surface area contributed by atoms with E-state index in [4.69, 9.17) is 4.42 Å². The van der Waals surface area contributed by atoms with Crippen molar-refractivity contribution in [3.05, 3.63) is 143 Å². The van der Waals surface area contributed by atoms with E-state index < -0.39 is 0 Å². The molecular formula is C31H19NO4. The van der Waals surface area contributed by atoms with Gasteiger partial charge in [0, 0.05) is 28.3 Å². The van der Waals surface area contributed by atoms with Crippen LogP contribution < -0.4 is 9.51 Å². The van der Waals surface area contributed by atoms with Crippen molar-refractivity contribution >= 4 is 28.6 Å². The van der Waals surface area contributed by atoms with Crippen molar-refractivity contribution in [2.45, 2.75) is 0 Å². The van der Waals surface area contributed by atoms with E-state index in [0.29, 0.717) is 27.8 Å². The topological polar surface area (TPSA) is 74.4 Å². The summed E-state index contributed by atoms with van der Waals surface area (Å²) in [7, 11) is 0. The van der Waals surface area contributed by atoms with Gasteiger partial charge < -0.3 is 9.52 Å². The lowest BCUT2D eigenvalue weighted by Crippen LogP contribution is -2.15. The van der Waals surface area contributed by atoms with Crippen molar-refractivity contribution in [1.29, 1.82) is 0 Å². The highest BCUT2D eigenvalue weighted by molar-refractivity contribution is 6.32. The Bertz CT molecular complexity index is 1690. The minimum Gasteiger partial charge on any atom is -0.872 e. The molecule has 7 rings (SSSR count). The molecular weight excluding hydrogens is 450 g/mol. The second-order valence-electron chi connectivity index (χ2n) is 8.45. The van der Waals surface area contributed by atoms with Gasteiger partial charge in [-0.2, -0.15) is 0 Å². The van der Waals surface area contributed by atoms with Crippen LogP contribution in [0.2, 0.25) is 0 Å². The lowest BCUT2D eigenvalue weighted by molar-refractivity contribution is -0.513. The average Bonchev–Trinajstić information content (AvgIpc) is 3.58. The maximum Gasteiger partial charge on any atom is 0.379 e. The van der Waals surface area contributed by atoms with Crippen molar-refractivity contribution < 1.29 is 23.5 Å². The van der Waals surface area contributed by atoms with Gasteiger partial charge in [0.15, 0.2) is 17.8 Å². The molecule has 0 unspecified atom stereocenters. The smallest absolute Gasteiger partial charge is 0.379 e. The van der Waals surface area contributed by atoms with Crippen LogP contribution >= 0.6 is 0 Å². The normalized spacial score (nSPS) is 13.8. The molecule has 2 aliphatic rings. The SMILES string of the molecule is O=C1C=C(C2=C([O-])c3ccccc3C2=O)c2ccccc21.c1ccc(-c2c[n+]3ccccc3o2)cc1. The maximum absolute atomic E-state index is 12.5. The number of allylic oxidation sites excluding steroid dienone is 3. The van der Waals surface area contributed by atoms with E-state index in [1.165, 1.54) is 6.08 Å². The van der Waals surface area contributed by atoms with Crippen molar-refractivity contribution in [3.8, 4) is 11.3 Å². The predicted octanol–water partition coefficient (Wildman–Crippen LogP) is 4.92. The molecule has 0 aliphatic heterocycles. The van der Waals surface area contributed by atoms with Crippen molar-refractivity contribution in [2.75, 3.05) is 0 Å². The zero-order chi connectivity index (χ0) is 24.6. The lowest BCUT2D eigenvalue weighted by atomic mass is 9.96. The van der Waals surface area contributed by atoms with Gasteiger partial charge in [-0.05, 0) is 28.8 Å². The van der Waals surface area contributed by atoms with E-state index in [-0.39, 0.29) is 22.9 Å². The van der Waals surface area contributed by atoms with Crippen LogP contribution in [0, 0.1) is 0 Å². The van der Waals surface area contributed by atoms with Gasteiger partial charge in [0.05, 0.1) is 6.07 Å². The summed E-state index contributed by atoms with van der Waals surface area (Å²) in [4.78, 5) is 24.5. The standard InChI is InChI=1S/C18H10O3.C13H10NO/c19-15-9-14(10-5-1-2-6-11(10)15)16-17(20)12-7-3-4-8-13(12)18(16)21;1-2-6-11(7-3-1)12-10-14-9-5-4-8-13(14)15-12/h1-9,20H;1-10H/q;+1/p-1. The molecule has 3 aromatic carbocycles. The van der Waals surface area contributed by atoms with Crippen molar-refractivity contribution in [3.63, 3.8) is 0 Å². The molecule has 2 heterocycles. The number of benzene rings is 3. The van der Waals surface area contributed by atoms with E-state index in [0.717, 1.165) is 17.0 Å². The molecule has 5 nitrogen and oxygen atoms in total. The summed E-state index contributed by atoms with van der Waals surface area (Å²) in [6.45, 7) is 0. The first-order chi connectivity index (χ1) is 17.6. The number of Topliss-reactive ketones (excluding diaryl/α,β-unsaturated/α-hetero) is 1.